The van der Waals surface area contributed by atoms with Crippen LogP contribution in [0.4, 0.5) is 0 Å². The molecule has 0 aromatic heterocycles. The molecule has 3 aliphatic carbocycles. The Morgan fingerprint density at radius 1 is 1.40 bits per heavy atom. The molecule has 0 heterocycles. The first-order valence-corrected chi connectivity index (χ1v) is 5.34. The molecule has 0 aromatic rings. The number of rotatable bonds is 1. The average Bonchev–Trinajstić information content (AvgIpc) is 2.77. The molecule has 0 spiro atoms. The van der Waals surface area contributed by atoms with E-state index in [4.69, 9.17) is 5.11 Å². The van der Waals surface area contributed by atoms with E-state index in [-0.39, 0.29) is 0 Å². The molecule has 3 rings (SSSR count). The van der Waals surface area contributed by atoms with Gasteiger partial charge < -0.3 is 5.11 Å². The van der Waals surface area contributed by atoms with Crippen LogP contribution in [0.5, 0.6) is 0 Å². The van der Waals surface area contributed by atoms with Crippen molar-refractivity contribution >= 4 is 5.97 Å². The van der Waals surface area contributed by atoms with Crippen LogP contribution < -0.4 is 0 Å². The van der Waals surface area contributed by atoms with E-state index in [1.54, 1.807) is 6.08 Å². The van der Waals surface area contributed by atoms with Crippen molar-refractivity contribution in [2.45, 2.75) is 19.3 Å². The van der Waals surface area contributed by atoms with Gasteiger partial charge in [-0.05, 0) is 42.4 Å². The highest BCUT2D eigenvalue weighted by molar-refractivity contribution is 5.96. The summed E-state index contributed by atoms with van der Waals surface area (Å²) in [4.78, 5) is 11.0. The summed E-state index contributed by atoms with van der Waals surface area (Å²) in [6.07, 6.45) is 11.5. The Labute approximate surface area is 88.3 Å². The summed E-state index contributed by atoms with van der Waals surface area (Å²) in [5.74, 6) is -0.319. The minimum Gasteiger partial charge on any atom is -0.478 e. The third-order valence-corrected chi connectivity index (χ3v) is 3.43. The van der Waals surface area contributed by atoms with Crippen LogP contribution in [0.25, 0.3) is 0 Å². The van der Waals surface area contributed by atoms with Crippen LogP contribution in [0.15, 0.2) is 46.6 Å². The second-order valence-electron chi connectivity index (χ2n) is 4.31. The van der Waals surface area contributed by atoms with E-state index in [1.165, 1.54) is 24.8 Å². The Bertz CT molecular complexity index is 461. The van der Waals surface area contributed by atoms with Gasteiger partial charge in [0.05, 0.1) is 5.57 Å². The number of hydrogen-bond acceptors (Lipinski definition) is 1. The zero-order valence-corrected chi connectivity index (χ0v) is 8.36. The minimum absolute atomic E-state index is 0.451. The van der Waals surface area contributed by atoms with Gasteiger partial charge in [-0.2, -0.15) is 0 Å². The van der Waals surface area contributed by atoms with Crippen molar-refractivity contribution in [2.75, 3.05) is 0 Å². The Kier molecular flexibility index (Phi) is 1.72. The molecule has 1 saturated carbocycles. The lowest BCUT2D eigenvalue weighted by molar-refractivity contribution is -0.132. The van der Waals surface area contributed by atoms with Gasteiger partial charge in [0, 0.05) is 0 Å². The molecule has 0 aromatic carbocycles. The summed E-state index contributed by atoms with van der Waals surface area (Å²) in [5, 5.41) is 9.03. The third-order valence-electron chi connectivity index (χ3n) is 3.43. The topological polar surface area (TPSA) is 37.3 Å². The van der Waals surface area contributed by atoms with Gasteiger partial charge in [0.1, 0.15) is 0 Å². The molecule has 15 heavy (non-hydrogen) atoms. The van der Waals surface area contributed by atoms with Crippen LogP contribution in [0.2, 0.25) is 0 Å². The van der Waals surface area contributed by atoms with Gasteiger partial charge in [0.2, 0.25) is 0 Å². The molecule has 1 unspecified atom stereocenters. The first kappa shape index (κ1) is 8.72. The second-order valence-corrected chi connectivity index (χ2v) is 4.31. The van der Waals surface area contributed by atoms with Gasteiger partial charge in [-0.25, -0.2) is 4.79 Å². The van der Waals surface area contributed by atoms with Crippen molar-refractivity contribution in [2.24, 2.45) is 5.92 Å². The fourth-order valence-electron chi connectivity index (χ4n) is 2.67. The second kappa shape index (κ2) is 2.96. The lowest BCUT2D eigenvalue weighted by atomic mass is 9.87. The highest BCUT2D eigenvalue weighted by Gasteiger charge is 2.29. The van der Waals surface area contributed by atoms with E-state index in [2.05, 4.69) is 12.2 Å². The van der Waals surface area contributed by atoms with E-state index in [0.29, 0.717) is 11.5 Å². The molecule has 0 aliphatic heterocycles. The van der Waals surface area contributed by atoms with Crippen molar-refractivity contribution in [3.8, 4) is 0 Å². The number of aliphatic carboxylic acids is 1. The average molecular weight is 200 g/mol. The fraction of sp³-hybridized carbons (Fsp3) is 0.308. The standard InChI is InChI=1S/C13H12O2/c14-13(15)11-5-4-10-6-8-2-1-3-9(8)7-12(10)11/h4-7,9H,1-3H2,(H,14,15). The molecule has 0 bridgehead atoms. The summed E-state index contributed by atoms with van der Waals surface area (Å²) in [5.41, 5.74) is 3.94. The third kappa shape index (κ3) is 1.21. The summed E-state index contributed by atoms with van der Waals surface area (Å²) >= 11 is 0. The molecule has 1 fully saturated rings. The highest BCUT2D eigenvalue weighted by atomic mass is 16.4. The van der Waals surface area contributed by atoms with Gasteiger partial charge in [0.25, 0.3) is 0 Å². The maximum absolute atomic E-state index is 11.0. The maximum atomic E-state index is 11.0. The molecule has 1 N–H and O–H groups in total. The lowest BCUT2D eigenvalue weighted by Gasteiger charge is -2.17. The van der Waals surface area contributed by atoms with Crippen LogP contribution in [0.3, 0.4) is 0 Å². The van der Waals surface area contributed by atoms with Crippen LogP contribution in [-0.2, 0) is 4.79 Å². The number of carbonyl (C=O) groups is 1. The lowest BCUT2D eigenvalue weighted by Crippen LogP contribution is -2.07. The number of fused-ring (bicyclic) bond motifs is 2. The van der Waals surface area contributed by atoms with Crippen molar-refractivity contribution in [3.63, 3.8) is 0 Å². The van der Waals surface area contributed by atoms with Crippen molar-refractivity contribution in [1.29, 1.82) is 0 Å². The molecule has 0 saturated heterocycles. The minimum atomic E-state index is -0.817. The fourth-order valence-corrected chi connectivity index (χ4v) is 2.67. The van der Waals surface area contributed by atoms with Crippen molar-refractivity contribution in [1.82, 2.24) is 0 Å². The van der Waals surface area contributed by atoms with Gasteiger partial charge in [-0.1, -0.05) is 23.8 Å². The van der Waals surface area contributed by atoms with E-state index in [9.17, 15) is 4.79 Å². The van der Waals surface area contributed by atoms with Crippen LogP contribution in [-0.4, -0.2) is 11.1 Å². The Morgan fingerprint density at radius 3 is 3.07 bits per heavy atom. The van der Waals surface area contributed by atoms with E-state index in [0.717, 1.165) is 11.1 Å². The molecule has 2 nitrogen and oxygen atoms in total. The SMILES string of the molecule is O=C(O)C1=CC=C2C=C3CCCC3C=C21. The largest absolute Gasteiger partial charge is 0.478 e. The molecule has 2 heteroatoms. The first-order valence-electron chi connectivity index (χ1n) is 5.34. The summed E-state index contributed by atoms with van der Waals surface area (Å²) < 4.78 is 0. The Morgan fingerprint density at radius 2 is 2.27 bits per heavy atom. The van der Waals surface area contributed by atoms with Gasteiger partial charge in [0.15, 0.2) is 0 Å². The predicted octanol–water partition coefficient (Wildman–Crippen LogP) is 2.60. The number of hydrogen-bond donors (Lipinski definition) is 1. The number of carboxylic acid groups (broad SMARTS) is 1. The summed E-state index contributed by atoms with van der Waals surface area (Å²) in [7, 11) is 0. The summed E-state index contributed by atoms with van der Waals surface area (Å²) in [6.45, 7) is 0. The zero-order valence-electron chi connectivity index (χ0n) is 8.36. The van der Waals surface area contributed by atoms with Crippen LogP contribution >= 0.6 is 0 Å². The number of carboxylic acids is 1. The Balaban J connectivity index is 2.02. The van der Waals surface area contributed by atoms with E-state index < -0.39 is 5.97 Å². The highest BCUT2D eigenvalue weighted by Crippen LogP contribution is 2.42. The quantitative estimate of drug-likeness (QED) is 0.706. The van der Waals surface area contributed by atoms with Gasteiger partial charge in [-0.3, -0.25) is 0 Å². The smallest absolute Gasteiger partial charge is 0.336 e. The van der Waals surface area contributed by atoms with Crippen LogP contribution in [0.1, 0.15) is 19.3 Å². The first-order chi connectivity index (χ1) is 7.25. The summed E-state index contributed by atoms with van der Waals surface area (Å²) in [6, 6.07) is 0. The van der Waals surface area contributed by atoms with Crippen molar-refractivity contribution < 1.29 is 9.90 Å². The normalized spacial score (nSPS) is 27.3. The Hall–Kier alpha value is -1.57. The maximum Gasteiger partial charge on any atom is 0.336 e. The molecule has 1 atom stereocenters. The van der Waals surface area contributed by atoms with Crippen molar-refractivity contribution in [3.05, 3.63) is 46.6 Å². The molecule has 0 radical (unpaired) electrons. The predicted molar refractivity (Wildman–Crippen MR) is 57.3 cm³/mol. The van der Waals surface area contributed by atoms with Gasteiger partial charge in [-0.15, -0.1) is 0 Å². The molecule has 76 valence electrons. The molecular weight excluding hydrogens is 188 g/mol. The molecule has 3 aliphatic rings. The monoisotopic (exact) mass is 200 g/mol. The van der Waals surface area contributed by atoms with Crippen LogP contribution in [0, 0.1) is 5.92 Å². The van der Waals surface area contributed by atoms with E-state index >= 15 is 0 Å². The zero-order chi connectivity index (χ0) is 10.4. The van der Waals surface area contributed by atoms with Gasteiger partial charge >= 0.3 is 5.97 Å². The molecular formula is C13H12O2. The number of allylic oxidation sites excluding steroid dienone is 6. The van der Waals surface area contributed by atoms with E-state index in [1.807, 2.05) is 6.08 Å². The molecule has 0 amide bonds.